The van der Waals surface area contributed by atoms with Crippen LogP contribution in [0.2, 0.25) is 0 Å². The van der Waals surface area contributed by atoms with Gasteiger partial charge in [-0.15, -0.1) is 0 Å². The summed E-state index contributed by atoms with van der Waals surface area (Å²) in [6.07, 6.45) is 5.37. The van der Waals surface area contributed by atoms with Crippen molar-refractivity contribution >= 4 is 17.7 Å². The minimum absolute atomic E-state index is 0.0417. The highest BCUT2D eigenvalue weighted by atomic mass is 16.6. The molecule has 8 nitrogen and oxygen atoms in total. The van der Waals surface area contributed by atoms with Crippen LogP contribution in [0, 0.1) is 6.92 Å². The van der Waals surface area contributed by atoms with Crippen molar-refractivity contribution in [2.24, 2.45) is 0 Å². The van der Waals surface area contributed by atoms with Crippen LogP contribution in [0.25, 0.3) is 0 Å². The Morgan fingerprint density at radius 3 is 2.70 bits per heavy atom. The third-order valence-corrected chi connectivity index (χ3v) is 4.73. The molecule has 1 saturated heterocycles. The maximum atomic E-state index is 12.5. The Bertz CT molecular complexity index is 814. The van der Waals surface area contributed by atoms with Crippen molar-refractivity contribution in [2.75, 3.05) is 36.5 Å². The number of amides is 2. The van der Waals surface area contributed by atoms with Gasteiger partial charge in [0.15, 0.2) is 11.5 Å². The Balaban J connectivity index is 1.38. The lowest BCUT2D eigenvalue weighted by molar-refractivity contribution is 0.171. The molecule has 0 bridgehead atoms. The van der Waals surface area contributed by atoms with Crippen LogP contribution in [-0.4, -0.2) is 48.3 Å². The van der Waals surface area contributed by atoms with Gasteiger partial charge < -0.3 is 25.0 Å². The molecule has 2 aliphatic heterocycles. The summed E-state index contributed by atoms with van der Waals surface area (Å²) >= 11 is 0. The van der Waals surface area contributed by atoms with E-state index in [2.05, 4.69) is 25.5 Å². The number of piperidine rings is 1. The van der Waals surface area contributed by atoms with E-state index in [-0.39, 0.29) is 12.1 Å². The average Bonchev–Trinajstić information content (AvgIpc) is 2.69. The zero-order valence-corrected chi connectivity index (χ0v) is 15.3. The lowest BCUT2D eigenvalue weighted by Crippen LogP contribution is -2.49. The van der Waals surface area contributed by atoms with Gasteiger partial charge in [-0.2, -0.15) is 0 Å². The second-order valence-electron chi connectivity index (χ2n) is 6.74. The fourth-order valence-corrected chi connectivity index (χ4v) is 3.40. The van der Waals surface area contributed by atoms with Gasteiger partial charge in [0.1, 0.15) is 13.2 Å². The zero-order chi connectivity index (χ0) is 18.6. The molecule has 4 rings (SSSR count). The van der Waals surface area contributed by atoms with Gasteiger partial charge in [0, 0.05) is 43.3 Å². The van der Waals surface area contributed by atoms with Gasteiger partial charge >= 0.3 is 6.03 Å². The lowest BCUT2D eigenvalue weighted by atomic mass is 10.1. The van der Waals surface area contributed by atoms with Crippen molar-refractivity contribution in [3.05, 3.63) is 36.2 Å². The number of rotatable bonds is 3. The van der Waals surface area contributed by atoms with Gasteiger partial charge in [-0.25, -0.2) is 14.8 Å². The van der Waals surface area contributed by atoms with E-state index < -0.39 is 0 Å². The first-order valence-corrected chi connectivity index (χ1v) is 9.19. The first kappa shape index (κ1) is 17.4. The second kappa shape index (κ2) is 7.69. The van der Waals surface area contributed by atoms with E-state index in [1.54, 1.807) is 18.5 Å². The number of carbonyl (C=O) groups is 1. The summed E-state index contributed by atoms with van der Waals surface area (Å²) in [5, 5.41) is 5.98. The van der Waals surface area contributed by atoms with E-state index in [1.807, 2.05) is 19.1 Å². The van der Waals surface area contributed by atoms with Crippen LogP contribution < -0.4 is 25.0 Å². The highest BCUT2D eigenvalue weighted by Crippen LogP contribution is 2.35. The fraction of sp³-hybridized carbons (Fsp3) is 0.421. The highest BCUT2D eigenvalue weighted by molar-refractivity contribution is 5.90. The van der Waals surface area contributed by atoms with Crippen LogP contribution in [0.5, 0.6) is 11.5 Å². The molecule has 1 aromatic carbocycles. The van der Waals surface area contributed by atoms with Crippen LogP contribution in [0.3, 0.4) is 0 Å². The van der Waals surface area contributed by atoms with Crippen LogP contribution in [-0.2, 0) is 0 Å². The molecule has 8 heteroatoms. The Kier molecular flexibility index (Phi) is 4.95. The fourth-order valence-electron chi connectivity index (χ4n) is 3.40. The Morgan fingerprint density at radius 1 is 1.19 bits per heavy atom. The standard InChI is InChI=1S/C19H23N5O3/c1-13-10-16-17(27-9-8-26-16)11-15(13)23-19(25)22-14-4-2-7-24(12-14)18-20-5-3-6-21-18/h3,5-6,10-11,14H,2,4,7-9,12H2,1H3,(H2,22,23,25)/t14-/m0/s1. The number of anilines is 2. The van der Waals surface area contributed by atoms with E-state index in [4.69, 9.17) is 9.47 Å². The average molecular weight is 369 g/mol. The first-order chi connectivity index (χ1) is 13.2. The maximum absolute atomic E-state index is 12.5. The number of aromatic nitrogens is 2. The minimum atomic E-state index is -0.226. The number of nitrogens with one attached hydrogen (secondary N) is 2. The number of aryl methyl sites for hydroxylation is 1. The zero-order valence-electron chi connectivity index (χ0n) is 15.3. The van der Waals surface area contributed by atoms with Gasteiger partial charge in [-0.05, 0) is 37.5 Å². The quantitative estimate of drug-likeness (QED) is 0.863. The molecule has 2 N–H and O–H groups in total. The Hall–Kier alpha value is -3.03. The molecule has 3 heterocycles. The largest absolute Gasteiger partial charge is 0.486 e. The molecule has 0 saturated carbocycles. The predicted molar refractivity (Wildman–Crippen MR) is 102 cm³/mol. The van der Waals surface area contributed by atoms with E-state index in [0.29, 0.717) is 31.5 Å². The maximum Gasteiger partial charge on any atom is 0.319 e. The van der Waals surface area contributed by atoms with Crippen molar-refractivity contribution in [3.8, 4) is 11.5 Å². The van der Waals surface area contributed by atoms with Gasteiger partial charge in [0.05, 0.1) is 0 Å². The molecule has 2 aromatic rings. The van der Waals surface area contributed by atoms with Gasteiger partial charge in [0.2, 0.25) is 5.95 Å². The van der Waals surface area contributed by atoms with E-state index >= 15 is 0 Å². The molecule has 0 unspecified atom stereocenters. The molecule has 27 heavy (non-hydrogen) atoms. The molecule has 0 spiro atoms. The van der Waals surface area contributed by atoms with Crippen LogP contribution in [0.1, 0.15) is 18.4 Å². The summed E-state index contributed by atoms with van der Waals surface area (Å²) in [5.74, 6) is 2.08. The van der Waals surface area contributed by atoms with E-state index in [1.165, 1.54) is 0 Å². The number of carbonyl (C=O) groups excluding carboxylic acids is 1. The number of nitrogens with zero attached hydrogens (tertiary/aromatic N) is 3. The molecule has 1 fully saturated rings. The van der Waals surface area contributed by atoms with Crippen LogP contribution in [0.15, 0.2) is 30.6 Å². The number of urea groups is 1. The van der Waals surface area contributed by atoms with Crippen molar-refractivity contribution in [3.63, 3.8) is 0 Å². The monoisotopic (exact) mass is 369 g/mol. The molecule has 1 atom stereocenters. The summed E-state index contributed by atoms with van der Waals surface area (Å²) < 4.78 is 11.2. The minimum Gasteiger partial charge on any atom is -0.486 e. The highest BCUT2D eigenvalue weighted by Gasteiger charge is 2.23. The normalized spacial score (nSPS) is 18.7. The molecular formula is C19H23N5O3. The third-order valence-electron chi connectivity index (χ3n) is 4.73. The number of hydrogen-bond acceptors (Lipinski definition) is 6. The van der Waals surface area contributed by atoms with Gasteiger partial charge in [-0.1, -0.05) is 0 Å². The molecule has 142 valence electrons. The summed E-state index contributed by atoms with van der Waals surface area (Å²) in [7, 11) is 0. The molecular weight excluding hydrogens is 346 g/mol. The molecule has 0 aliphatic carbocycles. The van der Waals surface area contributed by atoms with Crippen LogP contribution >= 0.6 is 0 Å². The molecule has 2 amide bonds. The van der Waals surface area contributed by atoms with Gasteiger partial charge in [0.25, 0.3) is 0 Å². The van der Waals surface area contributed by atoms with Gasteiger partial charge in [-0.3, -0.25) is 0 Å². The van der Waals surface area contributed by atoms with E-state index in [0.717, 1.165) is 36.4 Å². The second-order valence-corrected chi connectivity index (χ2v) is 6.74. The predicted octanol–water partition coefficient (Wildman–Crippen LogP) is 2.35. The van der Waals surface area contributed by atoms with Crippen molar-refractivity contribution in [1.82, 2.24) is 15.3 Å². The number of ether oxygens (including phenoxy) is 2. The summed E-state index contributed by atoms with van der Waals surface area (Å²) in [4.78, 5) is 23.2. The third kappa shape index (κ3) is 4.05. The van der Waals surface area contributed by atoms with Crippen molar-refractivity contribution in [2.45, 2.75) is 25.8 Å². The van der Waals surface area contributed by atoms with E-state index in [9.17, 15) is 4.79 Å². The SMILES string of the molecule is Cc1cc2c(cc1NC(=O)N[C@H]1CCCN(c3ncccn3)C1)OCCO2. The topological polar surface area (TPSA) is 88.6 Å². The smallest absolute Gasteiger partial charge is 0.319 e. The summed E-state index contributed by atoms with van der Waals surface area (Å²) in [5.41, 5.74) is 1.65. The Morgan fingerprint density at radius 2 is 1.93 bits per heavy atom. The van der Waals surface area contributed by atoms with Crippen LogP contribution in [0.4, 0.5) is 16.4 Å². The van der Waals surface area contributed by atoms with Crippen molar-refractivity contribution in [1.29, 1.82) is 0 Å². The number of hydrogen-bond donors (Lipinski definition) is 2. The number of fused-ring (bicyclic) bond motifs is 1. The van der Waals surface area contributed by atoms with Crippen molar-refractivity contribution < 1.29 is 14.3 Å². The Labute approximate surface area is 157 Å². The molecule has 0 radical (unpaired) electrons. The molecule has 1 aromatic heterocycles. The first-order valence-electron chi connectivity index (χ1n) is 9.19. The molecule has 2 aliphatic rings. The number of benzene rings is 1. The summed E-state index contributed by atoms with van der Waals surface area (Å²) in [6.45, 7) is 4.58. The lowest BCUT2D eigenvalue weighted by Gasteiger charge is -2.33. The summed E-state index contributed by atoms with van der Waals surface area (Å²) in [6, 6.07) is 5.32.